The Hall–Kier alpha value is -3.61. The molecule has 28 heavy (non-hydrogen) atoms. The van der Waals surface area contributed by atoms with E-state index in [0.717, 1.165) is 22.7 Å². The van der Waals surface area contributed by atoms with Crippen LogP contribution in [-0.4, -0.2) is 22.2 Å². The molecule has 0 saturated heterocycles. The Morgan fingerprint density at radius 1 is 1.18 bits per heavy atom. The molecule has 0 aliphatic rings. The molecule has 4 rings (SSSR count). The van der Waals surface area contributed by atoms with Crippen LogP contribution in [0.15, 0.2) is 62.4 Å². The zero-order valence-corrected chi connectivity index (χ0v) is 15.6. The van der Waals surface area contributed by atoms with Gasteiger partial charge in [0.25, 0.3) is 5.91 Å². The van der Waals surface area contributed by atoms with E-state index >= 15 is 0 Å². The number of nitrogens with one attached hydrogen (secondary N) is 1. The monoisotopic (exact) mass is 377 g/mol. The minimum absolute atomic E-state index is 0.00616. The van der Waals surface area contributed by atoms with Gasteiger partial charge in [0.15, 0.2) is 11.2 Å². The minimum Gasteiger partial charge on any atom is -0.464 e. The van der Waals surface area contributed by atoms with E-state index in [-0.39, 0.29) is 11.2 Å². The second-order valence-corrected chi connectivity index (χ2v) is 6.47. The topological polar surface area (TPSA) is 90.3 Å². The van der Waals surface area contributed by atoms with Crippen LogP contribution in [0.2, 0.25) is 0 Å². The number of hydrogen-bond donors (Lipinski definition) is 1. The van der Waals surface area contributed by atoms with Crippen molar-refractivity contribution in [1.29, 1.82) is 0 Å². The fourth-order valence-electron chi connectivity index (χ4n) is 3.27. The molecule has 142 valence electrons. The second-order valence-electron chi connectivity index (χ2n) is 6.47. The fraction of sp³-hybridized carbons (Fsp3) is 0.190. The molecule has 0 saturated carbocycles. The molecule has 0 spiro atoms. The van der Waals surface area contributed by atoms with E-state index in [1.165, 1.54) is 6.07 Å². The minimum atomic E-state index is -0.435. The van der Waals surface area contributed by atoms with Gasteiger partial charge in [-0.2, -0.15) is 5.10 Å². The van der Waals surface area contributed by atoms with Gasteiger partial charge < -0.3 is 14.2 Å². The van der Waals surface area contributed by atoms with Crippen LogP contribution in [0.1, 0.15) is 21.9 Å². The van der Waals surface area contributed by atoms with Crippen LogP contribution in [0.3, 0.4) is 0 Å². The number of furan rings is 1. The van der Waals surface area contributed by atoms with Gasteiger partial charge in [-0.1, -0.05) is 12.1 Å². The lowest BCUT2D eigenvalue weighted by molar-refractivity contribution is 0.0924. The number of aryl methyl sites for hydroxylation is 1. The summed E-state index contributed by atoms with van der Waals surface area (Å²) < 4.78 is 12.9. The molecule has 0 fully saturated rings. The van der Waals surface area contributed by atoms with E-state index in [1.54, 1.807) is 30.5 Å². The molecule has 1 aromatic carbocycles. The van der Waals surface area contributed by atoms with Gasteiger partial charge in [0, 0.05) is 18.3 Å². The highest BCUT2D eigenvalue weighted by Gasteiger charge is 2.16. The molecule has 7 heteroatoms. The first kappa shape index (κ1) is 17.8. The largest absolute Gasteiger partial charge is 0.464 e. The Balaban J connectivity index is 1.47. The first-order chi connectivity index (χ1) is 13.5. The quantitative estimate of drug-likeness (QED) is 0.576. The summed E-state index contributed by atoms with van der Waals surface area (Å²) in [5.41, 5.74) is 2.92. The zero-order valence-electron chi connectivity index (χ0n) is 15.6. The molecule has 1 N–H and O–H groups in total. The van der Waals surface area contributed by atoms with E-state index in [2.05, 4.69) is 10.4 Å². The van der Waals surface area contributed by atoms with Crippen molar-refractivity contribution in [2.24, 2.45) is 0 Å². The van der Waals surface area contributed by atoms with E-state index in [0.29, 0.717) is 24.1 Å². The van der Waals surface area contributed by atoms with Crippen molar-refractivity contribution in [3.8, 4) is 11.3 Å². The van der Waals surface area contributed by atoms with Crippen molar-refractivity contribution >= 4 is 16.9 Å². The van der Waals surface area contributed by atoms with Crippen molar-refractivity contribution in [2.45, 2.75) is 20.4 Å². The average Bonchev–Trinajstić information content (AvgIpc) is 3.29. The number of amides is 1. The lowest BCUT2D eigenvalue weighted by Gasteiger charge is -2.07. The van der Waals surface area contributed by atoms with Gasteiger partial charge in [0.1, 0.15) is 11.3 Å². The van der Waals surface area contributed by atoms with Gasteiger partial charge in [-0.25, -0.2) is 0 Å². The third-order valence-corrected chi connectivity index (χ3v) is 4.62. The lowest BCUT2D eigenvalue weighted by Crippen LogP contribution is -2.28. The van der Waals surface area contributed by atoms with E-state index in [4.69, 9.17) is 8.83 Å². The predicted octanol–water partition coefficient (Wildman–Crippen LogP) is 3.30. The predicted molar refractivity (Wildman–Crippen MR) is 104 cm³/mol. The average molecular weight is 377 g/mol. The summed E-state index contributed by atoms with van der Waals surface area (Å²) in [6, 6.07) is 11.8. The third-order valence-electron chi connectivity index (χ3n) is 4.62. The number of fused-ring (bicyclic) bond motifs is 1. The maximum Gasteiger partial charge on any atom is 0.287 e. The molecular formula is C21H19N3O4. The Morgan fingerprint density at radius 2 is 2.00 bits per heavy atom. The van der Waals surface area contributed by atoms with Gasteiger partial charge in [-0.15, -0.1) is 0 Å². The highest BCUT2D eigenvalue weighted by Crippen LogP contribution is 2.27. The summed E-state index contributed by atoms with van der Waals surface area (Å²) in [5.74, 6) is 0.326. The molecular weight excluding hydrogens is 358 g/mol. The molecule has 3 heterocycles. The number of carbonyl (C=O) groups excluding carboxylic acids is 1. The number of nitrogens with zero attached hydrogens (tertiary/aromatic N) is 2. The molecule has 0 radical (unpaired) electrons. The van der Waals surface area contributed by atoms with Gasteiger partial charge in [-0.05, 0) is 38.1 Å². The number of para-hydroxylation sites is 1. The number of rotatable bonds is 5. The van der Waals surface area contributed by atoms with Crippen LogP contribution < -0.4 is 10.7 Å². The maximum absolute atomic E-state index is 12.4. The van der Waals surface area contributed by atoms with E-state index in [1.807, 2.05) is 30.7 Å². The summed E-state index contributed by atoms with van der Waals surface area (Å²) in [5, 5.41) is 7.75. The molecule has 0 aliphatic carbocycles. The summed E-state index contributed by atoms with van der Waals surface area (Å²) in [4.78, 5) is 24.5. The Morgan fingerprint density at radius 3 is 2.79 bits per heavy atom. The summed E-state index contributed by atoms with van der Waals surface area (Å²) in [6.45, 7) is 4.71. The first-order valence-corrected chi connectivity index (χ1v) is 8.93. The Bertz CT molecular complexity index is 1200. The molecule has 0 unspecified atom stereocenters. The van der Waals surface area contributed by atoms with Crippen molar-refractivity contribution in [3.63, 3.8) is 0 Å². The van der Waals surface area contributed by atoms with E-state index < -0.39 is 5.91 Å². The fourth-order valence-corrected chi connectivity index (χ4v) is 3.27. The standard InChI is InChI=1S/C21H19N3O4/c1-13-20(18-8-5-11-27-18)14(2)24(23-13)10-9-22-21(26)19-12-16(25)15-6-3-4-7-17(15)28-19/h3-8,11-12H,9-10H2,1-2H3,(H,22,26). The summed E-state index contributed by atoms with van der Waals surface area (Å²) in [7, 11) is 0. The van der Waals surface area contributed by atoms with Crippen molar-refractivity contribution in [2.75, 3.05) is 6.54 Å². The van der Waals surface area contributed by atoms with Crippen LogP contribution >= 0.6 is 0 Å². The SMILES string of the molecule is Cc1nn(CCNC(=O)c2cc(=O)c3ccccc3o2)c(C)c1-c1ccco1. The highest BCUT2D eigenvalue weighted by atomic mass is 16.3. The Labute approximate surface area is 160 Å². The van der Waals surface area contributed by atoms with Crippen LogP contribution in [0.25, 0.3) is 22.3 Å². The number of aromatic nitrogens is 2. The number of carbonyl (C=O) groups is 1. The van der Waals surface area contributed by atoms with Crippen LogP contribution in [0, 0.1) is 13.8 Å². The molecule has 3 aromatic heterocycles. The van der Waals surface area contributed by atoms with E-state index in [9.17, 15) is 9.59 Å². The number of hydrogen-bond acceptors (Lipinski definition) is 5. The first-order valence-electron chi connectivity index (χ1n) is 8.93. The number of benzene rings is 1. The second kappa shape index (κ2) is 7.19. The van der Waals surface area contributed by atoms with Crippen molar-refractivity contribution in [1.82, 2.24) is 15.1 Å². The van der Waals surface area contributed by atoms with Gasteiger partial charge in [0.2, 0.25) is 0 Å². The highest BCUT2D eigenvalue weighted by molar-refractivity contribution is 5.93. The maximum atomic E-state index is 12.4. The Kier molecular flexibility index (Phi) is 4.57. The van der Waals surface area contributed by atoms with Gasteiger partial charge in [-0.3, -0.25) is 14.3 Å². The van der Waals surface area contributed by atoms with Crippen LogP contribution in [0.4, 0.5) is 0 Å². The van der Waals surface area contributed by atoms with Gasteiger partial charge >= 0.3 is 0 Å². The molecule has 0 aliphatic heterocycles. The smallest absolute Gasteiger partial charge is 0.287 e. The molecule has 0 atom stereocenters. The van der Waals surface area contributed by atoms with Crippen LogP contribution in [-0.2, 0) is 6.54 Å². The molecule has 4 aromatic rings. The van der Waals surface area contributed by atoms with Gasteiger partial charge in [0.05, 0.1) is 29.5 Å². The third kappa shape index (κ3) is 3.22. The zero-order chi connectivity index (χ0) is 19.7. The molecule has 0 bridgehead atoms. The van der Waals surface area contributed by atoms with Crippen LogP contribution in [0.5, 0.6) is 0 Å². The van der Waals surface area contributed by atoms with Crippen molar-refractivity contribution in [3.05, 3.63) is 76.1 Å². The molecule has 1 amide bonds. The lowest BCUT2D eigenvalue weighted by atomic mass is 10.1. The normalized spacial score (nSPS) is 11.1. The molecule has 7 nitrogen and oxygen atoms in total. The summed E-state index contributed by atoms with van der Waals surface area (Å²) >= 11 is 0. The van der Waals surface area contributed by atoms with Crippen molar-refractivity contribution < 1.29 is 13.6 Å². The summed E-state index contributed by atoms with van der Waals surface area (Å²) in [6.07, 6.45) is 1.63.